The van der Waals surface area contributed by atoms with Crippen molar-refractivity contribution in [1.29, 1.82) is 0 Å². The zero-order valence-corrected chi connectivity index (χ0v) is 10.2. The largest absolute Gasteiger partial charge is 0.327 e. The van der Waals surface area contributed by atoms with Crippen molar-refractivity contribution in [2.45, 2.75) is 25.3 Å². The minimum absolute atomic E-state index is 0.256. The van der Waals surface area contributed by atoms with E-state index in [9.17, 15) is 0 Å². The van der Waals surface area contributed by atoms with Crippen molar-refractivity contribution in [2.24, 2.45) is 5.73 Å². The van der Waals surface area contributed by atoms with E-state index in [0.29, 0.717) is 0 Å². The van der Waals surface area contributed by atoms with Crippen LogP contribution in [0, 0.1) is 0 Å². The van der Waals surface area contributed by atoms with Crippen molar-refractivity contribution in [1.82, 2.24) is 10.2 Å². The fraction of sp³-hybridized carbons (Fsp3) is 0.308. The molecule has 2 aromatic rings. The Hall–Kier alpha value is -1.32. The lowest BCUT2D eigenvalue weighted by Gasteiger charge is -2.18. The Kier molecular flexibility index (Phi) is 2.65. The molecule has 3 N–H and O–H groups in total. The summed E-state index contributed by atoms with van der Waals surface area (Å²) in [5.74, 6) is 0. The molecule has 0 amide bonds. The number of nitrogens with one attached hydrogen (secondary N) is 1. The molecule has 1 aliphatic rings. The van der Waals surface area contributed by atoms with Crippen LogP contribution in [0.1, 0.15) is 17.7 Å². The van der Waals surface area contributed by atoms with Gasteiger partial charge in [0.25, 0.3) is 0 Å². The van der Waals surface area contributed by atoms with Crippen molar-refractivity contribution in [3.05, 3.63) is 40.5 Å². The fourth-order valence-electron chi connectivity index (χ4n) is 2.37. The molecule has 17 heavy (non-hydrogen) atoms. The molecule has 0 saturated carbocycles. The quantitative estimate of drug-likeness (QED) is 0.814. The van der Waals surface area contributed by atoms with E-state index in [1.807, 2.05) is 24.3 Å². The first-order valence-corrected chi connectivity index (χ1v) is 6.19. The van der Waals surface area contributed by atoms with Gasteiger partial charge in [-0.25, -0.2) is 0 Å². The maximum absolute atomic E-state index is 6.02. The second-order valence-electron chi connectivity index (χ2n) is 4.54. The number of fused-ring (bicyclic) bond motifs is 1. The standard InChI is InChI=1S/C13H14ClN3/c14-9-3-1-8(2-4-9)13-11-7-10(15)5-6-12(11)16-17-13/h1-4,10H,5-7,15H2,(H,16,17)/t10-/m0/s1. The molecule has 1 aromatic heterocycles. The van der Waals surface area contributed by atoms with Crippen molar-refractivity contribution < 1.29 is 0 Å². The van der Waals surface area contributed by atoms with Gasteiger partial charge < -0.3 is 5.73 Å². The number of aryl methyl sites for hydroxylation is 1. The molecule has 1 heterocycles. The molecular formula is C13H14ClN3. The Morgan fingerprint density at radius 1 is 1.29 bits per heavy atom. The number of hydrogen-bond donors (Lipinski definition) is 2. The van der Waals surface area contributed by atoms with Crippen LogP contribution < -0.4 is 5.73 Å². The predicted octanol–water partition coefficient (Wildman–Crippen LogP) is 2.55. The van der Waals surface area contributed by atoms with E-state index in [1.54, 1.807) is 0 Å². The molecule has 0 spiro atoms. The fourth-order valence-corrected chi connectivity index (χ4v) is 2.49. The molecule has 1 atom stereocenters. The average Bonchev–Trinajstić information content (AvgIpc) is 2.73. The van der Waals surface area contributed by atoms with Gasteiger partial charge >= 0.3 is 0 Å². The van der Waals surface area contributed by atoms with E-state index < -0.39 is 0 Å². The smallest absolute Gasteiger partial charge is 0.0956 e. The van der Waals surface area contributed by atoms with Gasteiger partial charge in [0.05, 0.1) is 5.69 Å². The molecule has 4 heteroatoms. The number of nitrogens with two attached hydrogens (primary N) is 1. The lowest BCUT2D eigenvalue weighted by Crippen LogP contribution is -2.27. The van der Waals surface area contributed by atoms with Crippen LogP contribution in [0.25, 0.3) is 11.3 Å². The second-order valence-corrected chi connectivity index (χ2v) is 4.98. The highest BCUT2D eigenvalue weighted by Crippen LogP contribution is 2.29. The third-order valence-corrected chi connectivity index (χ3v) is 3.55. The molecule has 0 saturated heterocycles. The van der Waals surface area contributed by atoms with Crippen LogP contribution in [-0.2, 0) is 12.8 Å². The van der Waals surface area contributed by atoms with Crippen LogP contribution in [0.4, 0.5) is 0 Å². The Bertz CT molecular complexity index is 530. The Morgan fingerprint density at radius 3 is 2.82 bits per heavy atom. The predicted molar refractivity (Wildman–Crippen MR) is 69.0 cm³/mol. The highest BCUT2D eigenvalue weighted by Gasteiger charge is 2.21. The van der Waals surface area contributed by atoms with Gasteiger partial charge in [0.1, 0.15) is 0 Å². The molecule has 0 bridgehead atoms. The maximum Gasteiger partial charge on any atom is 0.0956 e. The number of H-pyrrole nitrogens is 1. The molecule has 0 fully saturated rings. The first kappa shape index (κ1) is 10.8. The van der Waals surface area contributed by atoms with Gasteiger partial charge in [0.2, 0.25) is 0 Å². The number of halogens is 1. The molecule has 88 valence electrons. The van der Waals surface area contributed by atoms with Gasteiger partial charge in [-0.2, -0.15) is 5.10 Å². The number of nitrogens with zero attached hydrogens (tertiary/aromatic N) is 1. The maximum atomic E-state index is 6.02. The summed E-state index contributed by atoms with van der Waals surface area (Å²) in [5.41, 5.74) is 10.6. The lowest BCUT2D eigenvalue weighted by molar-refractivity contribution is 0.572. The van der Waals surface area contributed by atoms with E-state index in [1.165, 1.54) is 11.3 Å². The summed E-state index contributed by atoms with van der Waals surface area (Å²) in [4.78, 5) is 0. The highest BCUT2D eigenvalue weighted by molar-refractivity contribution is 6.30. The number of hydrogen-bond acceptors (Lipinski definition) is 2. The Morgan fingerprint density at radius 2 is 2.06 bits per heavy atom. The summed E-state index contributed by atoms with van der Waals surface area (Å²) in [6.45, 7) is 0. The Balaban J connectivity index is 2.04. The van der Waals surface area contributed by atoms with E-state index in [4.69, 9.17) is 17.3 Å². The van der Waals surface area contributed by atoms with Gasteiger partial charge in [0.15, 0.2) is 0 Å². The van der Waals surface area contributed by atoms with Gasteiger partial charge in [-0.1, -0.05) is 23.7 Å². The van der Waals surface area contributed by atoms with Gasteiger partial charge in [-0.3, -0.25) is 5.10 Å². The molecule has 0 unspecified atom stereocenters. The van der Waals surface area contributed by atoms with Gasteiger partial charge in [-0.05, 0) is 31.4 Å². The van der Waals surface area contributed by atoms with E-state index in [-0.39, 0.29) is 6.04 Å². The van der Waals surface area contributed by atoms with E-state index in [2.05, 4.69) is 10.2 Å². The molecule has 1 aromatic carbocycles. The summed E-state index contributed by atoms with van der Waals surface area (Å²) < 4.78 is 0. The third kappa shape index (κ3) is 1.96. The van der Waals surface area contributed by atoms with Gasteiger partial charge in [0, 0.05) is 27.9 Å². The first-order valence-electron chi connectivity index (χ1n) is 5.81. The Labute approximate surface area is 105 Å². The first-order chi connectivity index (χ1) is 8.24. The van der Waals surface area contributed by atoms with Crippen molar-refractivity contribution in [3.63, 3.8) is 0 Å². The van der Waals surface area contributed by atoms with Crippen molar-refractivity contribution in [2.75, 3.05) is 0 Å². The summed E-state index contributed by atoms with van der Waals surface area (Å²) in [5, 5.41) is 8.28. The van der Waals surface area contributed by atoms with Crippen LogP contribution >= 0.6 is 11.6 Å². The van der Waals surface area contributed by atoms with Crippen LogP contribution in [0.2, 0.25) is 5.02 Å². The van der Waals surface area contributed by atoms with Crippen LogP contribution in [-0.4, -0.2) is 16.2 Å². The zero-order valence-electron chi connectivity index (χ0n) is 9.41. The van der Waals surface area contributed by atoms with E-state index in [0.717, 1.165) is 35.5 Å². The zero-order chi connectivity index (χ0) is 11.8. The average molecular weight is 248 g/mol. The number of aromatic amines is 1. The summed E-state index contributed by atoms with van der Waals surface area (Å²) in [7, 11) is 0. The summed E-state index contributed by atoms with van der Waals surface area (Å²) in [6, 6.07) is 8.03. The van der Waals surface area contributed by atoms with E-state index >= 15 is 0 Å². The summed E-state index contributed by atoms with van der Waals surface area (Å²) in [6.07, 6.45) is 2.94. The minimum Gasteiger partial charge on any atom is -0.327 e. The normalized spacial score (nSPS) is 19.1. The van der Waals surface area contributed by atoms with Crippen LogP contribution in [0.3, 0.4) is 0 Å². The molecule has 1 aliphatic carbocycles. The molecule has 3 rings (SSSR count). The second kappa shape index (κ2) is 4.17. The molecular weight excluding hydrogens is 234 g/mol. The lowest BCUT2D eigenvalue weighted by atomic mass is 9.90. The molecule has 0 radical (unpaired) electrons. The molecule has 3 nitrogen and oxygen atoms in total. The topological polar surface area (TPSA) is 54.7 Å². The SMILES string of the molecule is N[C@H]1CCc2[nH]nc(-c3ccc(Cl)cc3)c2C1. The van der Waals surface area contributed by atoms with Crippen molar-refractivity contribution in [3.8, 4) is 11.3 Å². The van der Waals surface area contributed by atoms with Crippen LogP contribution in [0.5, 0.6) is 0 Å². The minimum atomic E-state index is 0.256. The third-order valence-electron chi connectivity index (χ3n) is 3.30. The number of rotatable bonds is 1. The number of benzene rings is 1. The highest BCUT2D eigenvalue weighted by atomic mass is 35.5. The van der Waals surface area contributed by atoms with Crippen LogP contribution in [0.15, 0.2) is 24.3 Å². The van der Waals surface area contributed by atoms with Crippen molar-refractivity contribution >= 4 is 11.6 Å². The molecule has 0 aliphatic heterocycles. The monoisotopic (exact) mass is 247 g/mol. The summed E-state index contributed by atoms with van der Waals surface area (Å²) >= 11 is 5.89. The number of aromatic nitrogens is 2. The van der Waals surface area contributed by atoms with Gasteiger partial charge in [-0.15, -0.1) is 0 Å².